The normalized spacial score (nSPS) is 11.6. The summed E-state index contributed by atoms with van der Waals surface area (Å²) in [5.74, 6) is 0. The van der Waals surface area contributed by atoms with Crippen LogP contribution in [-0.2, 0) is 12.8 Å². The van der Waals surface area contributed by atoms with Gasteiger partial charge in [0.25, 0.3) is 6.43 Å². The van der Waals surface area contributed by atoms with Gasteiger partial charge in [0.1, 0.15) is 17.5 Å². The molecule has 1 aromatic rings. The molecule has 1 heterocycles. The molecule has 17 heavy (non-hydrogen) atoms. The molecule has 0 amide bonds. The second-order valence-electron chi connectivity index (χ2n) is 3.00. The van der Waals surface area contributed by atoms with E-state index < -0.39 is 41.7 Å². The number of pyridine rings is 1. The Morgan fingerprint density at radius 3 is 2.35 bits per heavy atom. The zero-order valence-corrected chi connectivity index (χ0v) is 8.09. The fourth-order valence-corrected chi connectivity index (χ4v) is 1.21. The molecular weight excluding hydrogens is 247 g/mol. The molecule has 1 rings (SSSR count). The molecule has 0 aliphatic heterocycles. The number of aromatic nitrogens is 1. The summed E-state index contributed by atoms with van der Waals surface area (Å²) in [7, 11) is 0. The first-order valence-electron chi connectivity index (χ1n) is 4.21. The van der Waals surface area contributed by atoms with E-state index >= 15 is 0 Å². The summed E-state index contributed by atoms with van der Waals surface area (Å²) in [5, 5.41) is 17.2. The van der Waals surface area contributed by atoms with Crippen LogP contribution in [0.3, 0.4) is 0 Å². The number of aliphatic hydroxyl groups excluding tert-OH is 1. The molecule has 0 spiro atoms. The molecule has 0 unspecified atom stereocenters. The van der Waals surface area contributed by atoms with Gasteiger partial charge in [-0.15, -0.1) is 0 Å². The van der Waals surface area contributed by atoms with Crippen LogP contribution < -0.4 is 0 Å². The number of hydrogen-bond donors (Lipinski definition) is 1. The summed E-state index contributed by atoms with van der Waals surface area (Å²) in [5.41, 5.74) is -4.14. The number of hydrogen-bond acceptors (Lipinski definition) is 3. The Hall–Kier alpha value is -1.75. The quantitative estimate of drug-likeness (QED) is 0.822. The van der Waals surface area contributed by atoms with Gasteiger partial charge in [0.15, 0.2) is 0 Å². The molecule has 8 heteroatoms. The average molecular weight is 252 g/mol. The van der Waals surface area contributed by atoms with E-state index in [1.165, 1.54) is 0 Å². The van der Waals surface area contributed by atoms with E-state index in [4.69, 9.17) is 10.4 Å². The lowest BCUT2D eigenvalue weighted by molar-refractivity contribution is -0.141. The molecule has 0 radical (unpaired) electrons. The van der Waals surface area contributed by atoms with Crippen LogP contribution in [0.1, 0.15) is 28.9 Å². The number of rotatable bonds is 2. The molecule has 0 aliphatic rings. The minimum absolute atomic E-state index is 0.308. The minimum Gasteiger partial charge on any atom is -0.392 e. The Kier molecular flexibility index (Phi) is 3.63. The van der Waals surface area contributed by atoms with E-state index in [1.807, 2.05) is 0 Å². The lowest BCUT2D eigenvalue weighted by Crippen LogP contribution is -2.13. The number of nitriles is 1. The van der Waals surface area contributed by atoms with Gasteiger partial charge >= 0.3 is 6.18 Å². The number of halogens is 5. The van der Waals surface area contributed by atoms with Crippen LogP contribution in [0.4, 0.5) is 22.0 Å². The van der Waals surface area contributed by atoms with Crippen molar-refractivity contribution in [3.05, 3.63) is 28.6 Å². The van der Waals surface area contributed by atoms with Crippen LogP contribution in [0.5, 0.6) is 0 Å². The number of alkyl halides is 5. The van der Waals surface area contributed by atoms with Crippen molar-refractivity contribution in [1.29, 1.82) is 5.26 Å². The van der Waals surface area contributed by atoms with Crippen LogP contribution in [0.15, 0.2) is 6.07 Å². The first-order valence-corrected chi connectivity index (χ1v) is 4.21. The van der Waals surface area contributed by atoms with Crippen molar-refractivity contribution in [2.24, 2.45) is 0 Å². The minimum atomic E-state index is -4.86. The fraction of sp³-hybridized carbons (Fsp3) is 0.333. The van der Waals surface area contributed by atoms with Crippen molar-refractivity contribution in [2.75, 3.05) is 0 Å². The highest BCUT2D eigenvalue weighted by Crippen LogP contribution is 2.33. The molecule has 0 saturated heterocycles. The fourth-order valence-electron chi connectivity index (χ4n) is 1.21. The van der Waals surface area contributed by atoms with Crippen molar-refractivity contribution in [1.82, 2.24) is 4.98 Å². The lowest BCUT2D eigenvalue weighted by atomic mass is 10.1. The van der Waals surface area contributed by atoms with Crippen LogP contribution in [-0.4, -0.2) is 10.1 Å². The van der Waals surface area contributed by atoms with Gasteiger partial charge in [-0.1, -0.05) is 0 Å². The zero-order chi connectivity index (χ0) is 13.2. The first-order chi connectivity index (χ1) is 7.81. The summed E-state index contributed by atoms with van der Waals surface area (Å²) < 4.78 is 62.0. The van der Waals surface area contributed by atoms with E-state index in [0.717, 1.165) is 6.07 Å². The van der Waals surface area contributed by atoms with Gasteiger partial charge in [-0.25, -0.2) is 13.8 Å². The predicted octanol–water partition coefficient (Wildman–Crippen LogP) is 2.40. The molecule has 0 aliphatic carbocycles. The van der Waals surface area contributed by atoms with E-state index in [1.54, 1.807) is 0 Å². The summed E-state index contributed by atoms with van der Waals surface area (Å²) in [4.78, 5) is 2.82. The molecule has 0 aromatic carbocycles. The van der Waals surface area contributed by atoms with Crippen molar-refractivity contribution in [3.63, 3.8) is 0 Å². The summed E-state index contributed by atoms with van der Waals surface area (Å²) in [6.07, 6.45) is -8.04. The molecule has 0 atom stereocenters. The van der Waals surface area contributed by atoms with E-state index in [2.05, 4.69) is 4.98 Å². The SMILES string of the molecule is N#Cc1nc(C(F)(F)F)cc(CO)c1C(F)F. The molecule has 3 nitrogen and oxygen atoms in total. The van der Waals surface area contributed by atoms with Gasteiger partial charge < -0.3 is 5.11 Å². The highest BCUT2D eigenvalue weighted by atomic mass is 19.4. The van der Waals surface area contributed by atoms with E-state index in [-0.39, 0.29) is 0 Å². The maximum Gasteiger partial charge on any atom is 0.433 e. The van der Waals surface area contributed by atoms with Gasteiger partial charge in [0.05, 0.1) is 12.2 Å². The van der Waals surface area contributed by atoms with Gasteiger partial charge in [-0.3, -0.25) is 0 Å². The molecule has 0 fully saturated rings. The standard InChI is InChI=1S/C9H5F5N2O/c10-8(11)7-4(3-17)1-6(9(12,13)14)16-5(7)2-15/h1,8,17H,3H2. The Balaban J connectivity index is 3.52. The van der Waals surface area contributed by atoms with Crippen LogP contribution >= 0.6 is 0 Å². The second-order valence-corrected chi connectivity index (χ2v) is 3.00. The largest absolute Gasteiger partial charge is 0.433 e. The highest BCUT2D eigenvalue weighted by Gasteiger charge is 2.35. The highest BCUT2D eigenvalue weighted by molar-refractivity contribution is 5.40. The third kappa shape index (κ3) is 2.68. The van der Waals surface area contributed by atoms with Gasteiger partial charge in [-0.05, 0) is 11.6 Å². The van der Waals surface area contributed by atoms with E-state index in [0.29, 0.717) is 6.07 Å². The Labute approximate surface area is 92.1 Å². The third-order valence-corrected chi connectivity index (χ3v) is 1.93. The Morgan fingerprint density at radius 1 is 1.41 bits per heavy atom. The molecule has 1 aromatic heterocycles. The topological polar surface area (TPSA) is 56.9 Å². The molecule has 0 saturated carbocycles. The average Bonchev–Trinajstić information content (AvgIpc) is 2.25. The smallest absolute Gasteiger partial charge is 0.392 e. The van der Waals surface area contributed by atoms with Crippen molar-refractivity contribution in [3.8, 4) is 6.07 Å². The van der Waals surface area contributed by atoms with Gasteiger partial charge in [0, 0.05) is 0 Å². The van der Waals surface area contributed by atoms with Crippen molar-refractivity contribution >= 4 is 0 Å². The third-order valence-electron chi connectivity index (χ3n) is 1.93. The van der Waals surface area contributed by atoms with Crippen LogP contribution in [0.2, 0.25) is 0 Å². The number of aliphatic hydroxyl groups is 1. The van der Waals surface area contributed by atoms with Crippen molar-refractivity contribution in [2.45, 2.75) is 19.2 Å². The maximum atomic E-state index is 12.5. The monoisotopic (exact) mass is 252 g/mol. The number of nitrogens with zero attached hydrogens (tertiary/aromatic N) is 2. The zero-order valence-electron chi connectivity index (χ0n) is 8.09. The first kappa shape index (κ1) is 13.3. The van der Waals surface area contributed by atoms with Gasteiger partial charge in [-0.2, -0.15) is 18.4 Å². The lowest BCUT2D eigenvalue weighted by Gasteiger charge is -2.12. The van der Waals surface area contributed by atoms with E-state index in [9.17, 15) is 22.0 Å². The second kappa shape index (κ2) is 4.63. The summed E-state index contributed by atoms with van der Waals surface area (Å²) in [6.45, 7) is -1.03. The summed E-state index contributed by atoms with van der Waals surface area (Å²) in [6, 6.07) is 1.47. The molecular formula is C9H5F5N2O. The van der Waals surface area contributed by atoms with Crippen molar-refractivity contribution < 1.29 is 27.1 Å². The van der Waals surface area contributed by atoms with Crippen LogP contribution in [0.25, 0.3) is 0 Å². The Bertz CT molecular complexity index is 464. The molecule has 1 N–H and O–H groups in total. The van der Waals surface area contributed by atoms with Gasteiger partial charge in [0.2, 0.25) is 0 Å². The summed E-state index contributed by atoms with van der Waals surface area (Å²) >= 11 is 0. The Morgan fingerprint density at radius 2 is 2.00 bits per heavy atom. The molecule has 0 bridgehead atoms. The predicted molar refractivity (Wildman–Crippen MR) is 44.8 cm³/mol. The molecule has 92 valence electrons. The van der Waals surface area contributed by atoms with Crippen LogP contribution in [0, 0.1) is 11.3 Å². The maximum absolute atomic E-state index is 12.5.